The van der Waals surface area contributed by atoms with Crippen molar-refractivity contribution >= 4 is 0 Å². The first-order valence-electron chi connectivity index (χ1n) is 6.15. The number of nitrogens with two attached hydrogens (primary N) is 1. The van der Waals surface area contributed by atoms with E-state index >= 15 is 0 Å². The fraction of sp³-hybridized carbons (Fsp3) is 0.357. The minimum atomic E-state index is 0.0818. The summed E-state index contributed by atoms with van der Waals surface area (Å²) in [5.41, 5.74) is 8.49. The number of para-hydroxylation sites is 1. The quantitative estimate of drug-likeness (QED) is 0.876. The highest BCUT2D eigenvalue weighted by atomic mass is 15.1. The molecule has 3 heteroatoms. The maximum absolute atomic E-state index is 6.16. The van der Waals surface area contributed by atoms with Crippen LogP contribution in [-0.2, 0) is 6.42 Å². The summed E-state index contributed by atoms with van der Waals surface area (Å²) in [6.45, 7) is 4.22. The Morgan fingerprint density at radius 3 is 2.76 bits per heavy atom. The predicted octanol–water partition coefficient (Wildman–Crippen LogP) is 2.84. The number of hydrogen-bond donors (Lipinski definition) is 1. The molecule has 2 N–H and O–H groups in total. The van der Waals surface area contributed by atoms with Crippen molar-refractivity contribution in [2.45, 2.75) is 32.7 Å². The molecule has 2 rings (SSSR count). The van der Waals surface area contributed by atoms with Gasteiger partial charge < -0.3 is 10.3 Å². The molecule has 17 heavy (non-hydrogen) atoms. The SMILES string of the molecule is CCc1nccn1-c1ccccc1[C@H](N)CC. The highest BCUT2D eigenvalue weighted by Crippen LogP contribution is 2.23. The molecule has 0 saturated heterocycles. The molecule has 0 aliphatic rings. The highest BCUT2D eigenvalue weighted by Gasteiger charge is 2.11. The molecule has 1 aromatic heterocycles. The van der Waals surface area contributed by atoms with E-state index in [2.05, 4.69) is 35.5 Å². The van der Waals surface area contributed by atoms with Gasteiger partial charge in [0.05, 0.1) is 5.69 Å². The second-order valence-electron chi connectivity index (χ2n) is 4.14. The van der Waals surface area contributed by atoms with Crippen LogP contribution in [-0.4, -0.2) is 9.55 Å². The van der Waals surface area contributed by atoms with Gasteiger partial charge in [0.15, 0.2) is 0 Å². The number of hydrogen-bond acceptors (Lipinski definition) is 2. The molecule has 0 aliphatic carbocycles. The molecular weight excluding hydrogens is 210 g/mol. The van der Waals surface area contributed by atoms with Gasteiger partial charge in [0.2, 0.25) is 0 Å². The Kier molecular flexibility index (Phi) is 3.59. The average molecular weight is 229 g/mol. The molecule has 0 spiro atoms. The van der Waals surface area contributed by atoms with E-state index in [0.29, 0.717) is 0 Å². The van der Waals surface area contributed by atoms with Gasteiger partial charge in [-0.15, -0.1) is 0 Å². The van der Waals surface area contributed by atoms with Crippen LogP contribution in [0.1, 0.15) is 37.7 Å². The van der Waals surface area contributed by atoms with E-state index < -0.39 is 0 Å². The summed E-state index contributed by atoms with van der Waals surface area (Å²) in [6, 6.07) is 8.37. The van der Waals surface area contributed by atoms with Crippen molar-refractivity contribution in [3.05, 3.63) is 48.0 Å². The maximum atomic E-state index is 6.16. The van der Waals surface area contributed by atoms with Crippen LogP contribution >= 0.6 is 0 Å². The van der Waals surface area contributed by atoms with Gasteiger partial charge in [-0.05, 0) is 18.1 Å². The van der Waals surface area contributed by atoms with Gasteiger partial charge in [0.1, 0.15) is 5.82 Å². The van der Waals surface area contributed by atoms with Crippen molar-refractivity contribution < 1.29 is 0 Å². The van der Waals surface area contributed by atoms with Crippen LogP contribution in [0.3, 0.4) is 0 Å². The zero-order valence-electron chi connectivity index (χ0n) is 10.4. The minimum absolute atomic E-state index is 0.0818. The molecule has 0 bridgehead atoms. The Hall–Kier alpha value is -1.61. The zero-order chi connectivity index (χ0) is 12.3. The third-order valence-electron chi connectivity index (χ3n) is 3.07. The molecule has 1 atom stereocenters. The topological polar surface area (TPSA) is 43.8 Å². The first kappa shape index (κ1) is 11.9. The van der Waals surface area contributed by atoms with E-state index in [9.17, 15) is 0 Å². The Morgan fingerprint density at radius 2 is 2.06 bits per heavy atom. The van der Waals surface area contributed by atoms with Gasteiger partial charge in [-0.2, -0.15) is 0 Å². The normalized spacial score (nSPS) is 12.6. The standard InChI is InChI=1S/C14H19N3/c1-3-12(15)11-7-5-6-8-13(11)17-10-9-16-14(17)4-2/h5-10,12H,3-4,15H2,1-2H3/t12-/m1/s1. The van der Waals surface area contributed by atoms with Gasteiger partial charge in [-0.1, -0.05) is 32.0 Å². The van der Waals surface area contributed by atoms with E-state index in [4.69, 9.17) is 5.73 Å². The molecule has 0 fully saturated rings. The summed E-state index contributed by atoms with van der Waals surface area (Å²) in [6.07, 6.45) is 5.70. The fourth-order valence-corrected chi connectivity index (χ4v) is 2.06. The lowest BCUT2D eigenvalue weighted by atomic mass is 10.0. The van der Waals surface area contributed by atoms with Gasteiger partial charge in [0, 0.05) is 24.9 Å². The second-order valence-corrected chi connectivity index (χ2v) is 4.14. The van der Waals surface area contributed by atoms with Gasteiger partial charge >= 0.3 is 0 Å². The van der Waals surface area contributed by atoms with E-state index in [1.165, 1.54) is 5.56 Å². The number of nitrogens with zero attached hydrogens (tertiary/aromatic N) is 2. The van der Waals surface area contributed by atoms with E-state index in [1.807, 2.05) is 24.5 Å². The summed E-state index contributed by atoms with van der Waals surface area (Å²) in [5, 5.41) is 0. The Morgan fingerprint density at radius 1 is 1.29 bits per heavy atom. The number of rotatable bonds is 4. The summed E-state index contributed by atoms with van der Waals surface area (Å²) in [4.78, 5) is 4.36. The number of aryl methyl sites for hydroxylation is 1. The van der Waals surface area contributed by atoms with Crippen molar-refractivity contribution in [3.8, 4) is 5.69 Å². The maximum Gasteiger partial charge on any atom is 0.112 e. The van der Waals surface area contributed by atoms with Gasteiger partial charge in [0.25, 0.3) is 0 Å². The lowest BCUT2D eigenvalue weighted by molar-refractivity contribution is 0.690. The lowest BCUT2D eigenvalue weighted by Gasteiger charge is -2.16. The molecule has 1 aromatic carbocycles. The van der Waals surface area contributed by atoms with E-state index in [1.54, 1.807) is 0 Å². The molecule has 0 aliphatic heterocycles. The fourth-order valence-electron chi connectivity index (χ4n) is 2.06. The molecule has 1 heterocycles. The Balaban J connectivity index is 2.52. The summed E-state index contributed by atoms with van der Waals surface area (Å²) < 4.78 is 2.13. The largest absolute Gasteiger partial charge is 0.324 e. The number of benzene rings is 1. The highest BCUT2D eigenvalue weighted by molar-refractivity contribution is 5.43. The summed E-state index contributed by atoms with van der Waals surface area (Å²) in [5.74, 6) is 1.07. The third-order valence-corrected chi connectivity index (χ3v) is 3.07. The molecule has 2 aromatic rings. The summed E-state index contributed by atoms with van der Waals surface area (Å²) in [7, 11) is 0. The first-order chi connectivity index (χ1) is 8.27. The minimum Gasteiger partial charge on any atom is -0.324 e. The molecule has 0 amide bonds. The molecule has 0 saturated carbocycles. The predicted molar refractivity (Wildman–Crippen MR) is 70.2 cm³/mol. The van der Waals surface area contributed by atoms with Crippen LogP contribution < -0.4 is 5.73 Å². The van der Waals surface area contributed by atoms with Crippen molar-refractivity contribution in [2.24, 2.45) is 5.73 Å². The van der Waals surface area contributed by atoms with Crippen LogP contribution in [0.5, 0.6) is 0 Å². The molecule has 0 unspecified atom stereocenters. The van der Waals surface area contributed by atoms with Gasteiger partial charge in [-0.3, -0.25) is 0 Å². The monoisotopic (exact) mass is 229 g/mol. The zero-order valence-corrected chi connectivity index (χ0v) is 10.4. The second kappa shape index (κ2) is 5.15. The van der Waals surface area contributed by atoms with Crippen LogP contribution in [0.2, 0.25) is 0 Å². The van der Waals surface area contributed by atoms with Crippen LogP contribution in [0, 0.1) is 0 Å². The lowest BCUT2D eigenvalue weighted by Crippen LogP contribution is -2.13. The van der Waals surface area contributed by atoms with Crippen LogP contribution in [0.4, 0.5) is 0 Å². The van der Waals surface area contributed by atoms with Crippen LogP contribution in [0.25, 0.3) is 5.69 Å². The van der Waals surface area contributed by atoms with Gasteiger partial charge in [-0.25, -0.2) is 4.98 Å². The number of aromatic nitrogens is 2. The number of imidazole rings is 1. The van der Waals surface area contributed by atoms with Crippen LogP contribution in [0.15, 0.2) is 36.7 Å². The van der Waals surface area contributed by atoms with E-state index in [0.717, 1.165) is 24.4 Å². The molecule has 90 valence electrons. The first-order valence-corrected chi connectivity index (χ1v) is 6.15. The third kappa shape index (κ3) is 2.24. The smallest absolute Gasteiger partial charge is 0.112 e. The Bertz CT molecular complexity index is 488. The van der Waals surface area contributed by atoms with Crippen molar-refractivity contribution in [1.82, 2.24) is 9.55 Å². The Labute approximate surface area is 102 Å². The van der Waals surface area contributed by atoms with Crippen molar-refractivity contribution in [2.75, 3.05) is 0 Å². The average Bonchev–Trinajstić information content (AvgIpc) is 2.86. The van der Waals surface area contributed by atoms with E-state index in [-0.39, 0.29) is 6.04 Å². The van der Waals surface area contributed by atoms with Crippen molar-refractivity contribution in [3.63, 3.8) is 0 Å². The molecular formula is C14H19N3. The molecule has 3 nitrogen and oxygen atoms in total. The van der Waals surface area contributed by atoms with Crippen molar-refractivity contribution in [1.29, 1.82) is 0 Å². The summed E-state index contributed by atoms with van der Waals surface area (Å²) >= 11 is 0. The molecule has 0 radical (unpaired) electrons.